The summed E-state index contributed by atoms with van der Waals surface area (Å²) >= 11 is 0. The van der Waals surface area contributed by atoms with Crippen LogP contribution in [-0.2, 0) is 11.3 Å². The van der Waals surface area contributed by atoms with Crippen molar-refractivity contribution in [1.82, 2.24) is 20.1 Å². The van der Waals surface area contributed by atoms with E-state index < -0.39 is 0 Å². The number of hydrogen-bond donors (Lipinski definition) is 3. The molecule has 5 rings (SSSR count). The lowest BCUT2D eigenvalue weighted by atomic mass is 10.0. The minimum atomic E-state index is -0.127. The number of rotatable bonds is 7. The smallest absolute Gasteiger partial charge is 0.256 e. The Balaban J connectivity index is 1.15. The predicted molar refractivity (Wildman–Crippen MR) is 144 cm³/mol. The second-order valence-corrected chi connectivity index (χ2v) is 9.58. The Hall–Kier alpha value is -3.68. The summed E-state index contributed by atoms with van der Waals surface area (Å²) in [6.45, 7) is 10.3. The molecule has 1 aromatic heterocycles. The first kappa shape index (κ1) is 24.0. The van der Waals surface area contributed by atoms with Gasteiger partial charge in [0.25, 0.3) is 11.8 Å². The first-order chi connectivity index (χ1) is 17.5. The van der Waals surface area contributed by atoms with Gasteiger partial charge in [0, 0.05) is 68.5 Å². The lowest BCUT2D eigenvalue weighted by molar-refractivity contribution is -0.110. The van der Waals surface area contributed by atoms with Crippen molar-refractivity contribution in [2.45, 2.75) is 20.4 Å². The average Bonchev–Trinajstić information content (AvgIpc) is 3.35. The molecule has 2 aromatic carbocycles. The van der Waals surface area contributed by atoms with Crippen LogP contribution in [0, 0.1) is 13.8 Å². The van der Waals surface area contributed by atoms with E-state index in [2.05, 4.69) is 55.7 Å². The van der Waals surface area contributed by atoms with Gasteiger partial charge in [-0.2, -0.15) is 0 Å². The van der Waals surface area contributed by atoms with Gasteiger partial charge in [-0.3, -0.25) is 19.4 Å². The van der Waals surface area contributed by atoms with E-state index >= 15 is 0 Å². The van der Waals surface area contributed by atoms with Crippen molar-refractivity contribution in [3.8, 4) is 0 Å². The van der Waals surface area contributed by atoms with Gasteiger partial charge in [0.1, 0.15) is 0 Å². The number of aromatic nitrogens is 1. The topological polar surface area (TPSA) is 80.5 Å². The van der Waals surface area contributed by atoms with Gasteiger partial charge in [0.15, 0.2) is 0 Å². The summed E-state index contributed by atoms with van der Waals surface area (Å²) in [6, 6.07) is 18.2. The third kappa shape index (κ3) is 5.12. The van der Waals surface area contributed by atoms with Crippen LogP contribution in [0.4, 0.5) is 5.69 Å². The standard InChI is InChI=1S/C29H33N5O2/c1-20-26(18-24-23-10-6-7-11-25(23)32-28(24)35)31-21(2)27(20)29(36)30-12-13-33-14-16-34(17-15-33)19-22-8-4-3-5-9-22/h3-11,18,31H,12-17,19H2,1-2H3,(H,30,36)(H,32,35). The molecule has 1 fully saturated rings. The Morgan fingerprint density at radius 3 is 2.44 bits per heavy atom. The molecular weight excluding hydrogens is 450 g/mol. The van der Waals surface area contributed by atoms with E-state index in [1.165, 1.54) is 5.56 Å². The molecule has 1 saturated heterocycles. The van der Waals surface area contributed by atoms with Crippen LogP contribution >= 0.6 is 0 Å². The van der Waals surface area contributed by atoms with Crippen LogP contribution in [0.25, 0.3) is 11.6 Å². The van der Waals surface area contributed by atoms with Crippen LogP contribution in [0.15, 0.2) is 54.6 Å². The third-order valence-corrected chi connectivity index (χ3v) is 7.13. The number of carbonyl (C=O) groups excluding carboxylic acids is 2. The molecule has 0 spiro atoms. The fourth-order valence-electron chi connectivity index (χ4n) is 5.11. The number of para-hydroxylation sites is 1. The molecule has 7 heteroatoms. The monoisotopic (exact) mass is 483 g/mol. The second-order valence-electron chi connectivity index (χ2n) is 9.58. The van der Waals surface area contributed by atoms with Crippen molar-refractivity contribution in [1.29, 1.82) is 0 Å². The quantitative estimate of drug-likeness (QED) is 0.448. The van der Waals surface area contributed by atoms with Gasteiger partial charge in [0.05, 0.1) is 11.1 Å². The molecule has 3 N–H and O–H groups in total. The number of piperazine rings is 1. The maximum atomic E-state index is 13.0. The molecule has 2 aliphatic heterocycles. The molecule has 0 aliphatic carbocycles. The van der Waals surface area contributed by atoms with Gasteiger partial charge in [-0.05, 0) is 37.1 Å². The Morgan fingerprint density at radius 1 is 0.972 bits per heavy atom. The number of amides is 2. The largest absolute Gasteiger partial charge is 0.358 e. The predicted octanol–water partition coefficient (Wildman–Crippen LogP) is 3.67. The van der Waals surface area contributed by atoms with Crippen molar-refractivity contribution in [2.24, 2.45) is 0 Å². The maximum absolute atomic E-state index is 13.0. The fourth-order valence-corrected chi connectivity index (χ4v) is 5.11. The van der Waals surface area contributed by atoms with Crippen molar-refractivity contribution < 1.29 is 9.59 Å². The molecule has 36 heavy (non-hydrogen) atoms. The minimum absolute atomic E-state index is 0.0788. The van der Waals surface area contributed by atoms with E-state index in [1.807, 2.05) is 44.2 Å². The number of aryl methyl sites for hydroxylation is 1. The van der Waals surface area contributed by atoms with E-state index in [0.29, 0.717) is 17.7 Å². The lowest BCUT2D eigenvalue weighted by Crippen LogP contribution is -2.48. The molecule has 0 unspecified atom stereocenters. The number of benzene rings is 2. The molecule has 0 saturated carbocycles. The third-order valence-electron chi connectivity index (χ3n) is 7.13. The van der Waals surface area contributed by atoms with E-state index in [-0.39, 0.29) is 11.8 Å². The average molecular weight is 484 g/mol. The number of hydrogen-bond acceptors (Lipinski definition) is 4. The minimum Gasteiger partial charge on any atom is -0.358 e. The first-order valence-corrected chi connectivity index (χ1v) is 12.6. The Kier molecular flexibility index (Phi) is 7.02. The maximum Gasteiger partial charge on any atom is 0.256 e. The number of nitrogens with one attached hydrogen (secondary N) is 3. The molecule has 2 amide bonds. The number of H-pyrrole nitrogens is 1. The van der Waals surface area contributed by atoms with E-state index in [4.69, 9.17) is 0 Å². The van der Waals surface area contributed by atoms with Gasteiger partial charge in [0.2, 0.25) is 0 Å². The molecule has 2 aliphatic rings. The molecule has 3 heterocycles. The van der Waals surface area contributed by atoms with Crippen LogP contribution in [0.5, 0.6) is 0 Å². The van der Waals surface area contributed by atoms with Crippen LogP contribution in [0.2, 0.25) is 0 Å². The molecule has 0 atom stereocenters. The summed E-state index contributed by atoms with van der Waals surface area (Å²) in [7, 11) is 0. The number of aromatic amines is 1. The van der Waals surface area contributed by atoms with Crippen molar-refractivity contribution in [2.75, 3.05) is 44.6 Å². The highest BCUT2D eigenvalue weighted by molar-refractivity contribution is 6.34. The Labute approximate surface area is 212 Å². The van der Waals surface area contributed by atoms with Crippen LogP contribution < -0.4 is 10.6 Å². The van der Waals surface area contributed by atoms with E-state index in [1.54, 1.807) is 0 Å². The number of nitrogens with zero attached hydrogens (tertiary/aromatic N) is 2. The number of anilines is 1. The molecule has 0 bridgehead atoms. The van der Waals surface area contributed by atoms with Gasteiger partial charge in [-0.1, -0.05) is 48.5 Å². The van der Waals surface area contributed by atoms with Crippen molar-refractivity contribution in [3.63, 3.8) is 0 Å². The summed E-state index contributed by atoms with van der Waals surface area (Å²) in [4.78, 5) is 33.7. The zero-order valence-electron chi connectivity index (χ0n) is 20.9. The van der Waals surface area contributed by atoms with E-state index in [9.17, 15) is 9.59 Å². The van der Waals surface area contributed by atoms with Crippen LogP contribution in [-0.4, -0.2) is 65.9 Å². The molecular formula is C29H33N5O2. The summed E-state index contributed by atoms with van der Waals surface area (Å²) < 4.78 is 0. The highest BCUT2D eigenvalue weighted by atomic mass is 16.2. The number of fused-ring (bicyclic) bond motifs is 1. The van der Waals surface area contributed by atoms with E-state index in [0.717, 1.165) is 67.5 Å². The normalized spacial score (nSPS) is 17.3. The van der Waals surface area contributed by atoms with Gasteiger partial charge >= 0.3 is 0 Å². The van der Waals surface area contributed by atoms with Gasteiger partial charge in [-0.15, -0.1) is 0 Å². The molecule has 3 aromatic rings. The second kappa shape index (κ2) is 10.5. The summed E-state index contributed by atoms with van der Waals surface area (Å²) in [5.74, 6) is -0.206. The van der Waals surface area contributed by atoms with Crippen LogP contribution in [0.1, 0.15) is 38.4 Å². The highest BCUT2D eigenvalue weighted by Crippen LogP contribution is 2.33. The Bertz CT molecular complexity index is 1290. The lowest BCUT2D eigenvalue weighted by Gasteiger charge is -2.34. The summed E-state index contributed by atoms with van der Waals surface area (Å²) in [5, 5.41) is 5.99. The molecule has 7 nitrogen and oxygen atoms in total. The first-order valence-electron chi connectivity index (χ1n) is 12.6. The molecule has 186 valence electrons. The zero-order valence-corrected chi connectivity index (χ0v) is 20.9. The summed E-state index contributed by atoms with van der Waals surface area (Å²) in [5.41, 5.74) is 6.74. The zero-order chi connectivity index (χ0) is 25.1. The Morgan fingerprint density at radius 2 is 1.67 bits per heavy atom. The fraction of sp³-hybridized carbons (Fsp3) is 0.310. The highest BCUT2D eigenvalue weighted by Gasteiger charge is 2.25. The van der Waals surface area contributed by atoms with Crippen molar-refractivity contribution >= 4 is 29.2 Å². The summed E-state index contributed by atoms with van der Waals surface area (Å²) in [6.07, 6.45) is 1.84. The van der Waals surface area contributed by atoms with Gasteiger partial charge < -0.3 is 15.6 Å². The molecule has 0 radical (unpaired) electrons. The van der Waals surface area contributed by atoms with Gasteiger partial charge in [-0.25, -0.2) is 0 Å². The SMILES string of the molecule is Cc1[nH]c(C=C2C(=O)Nc3ccccc32)c(C)c1C(=O)NCCN1CCN(Cc2ccccc2)CC1. The van der Waals surface area contributed by atoms with Crippen molar-refractivity contribution in [3.05, 3.63) is 88.2 Å². The number of carbonyl (C=O) groups is 2. The van der Waals surface area contributed by atoms with Crippen LogP contribution in [0.3, 0.4) is 0 Å².